The number of carbonyl (C=O) groups excluding carboxylic acids is 1. The summed E-state index contributed by atoms with van der Waals surface area (Å²) in [5.41, 5.74) is 1.24. The molecule has 1 atom stereocenters. The molecule has 3 heteroatoms. The molecule has 19 heavy (non-hydrogen) atoms. The summed E-state index contributed by atoms with van der Waals surface area (Å²) >= 11 is 0. The van der Waals surface area contributed by atoms with Crippen LogP contribution in [0.3, 0.4) is 0 Å². The average Bonchev–Trinajstić information content (AvgIpc) is 2.42. The lowest BCUT2D eigenvalue weighted by atomic mass is 10.1. The third-order valence-corrected chi connectivity index (χ3v) is 3.51. The Morgan fingerprint density at radius 2 is 1.89 bits per heavy atom. The van der Waals surface area contributed by atoms with Gasteiger partial charge < -0.3 is 9.80 Å². The SMILES string of the molecule is CCN(CC(C)CCN(C)c1ccccc1)C(C)=O. The van der Waals surface area contributed by atoms with E-state index in [-0.39, 0.29) is 5.91 Å². The van der Waals surface area contributed by atoms with Crippen molar-refractivity contribution in [1.82, 2.24) is 4.90 Å². The van der Waals surface area contributed by atoms with Gasteiger partial charge in [0.25, 0.3) is 0 Å². The van der Waals surface area contributed by atoms with Crippen LogP contribution in [0.4, 0.5) is 5.69 Å². The second-order valence-corrected chi connectivity index (χ2v) is 5.21. The van der Waals surface area contributed by atoms with Crippen molar-refractivity contribution in [2.75, 3.05) is 31.6 Å². The monoisotopic (exact) mass is 262 g/mol. The smallest absolute Gasteiger partial charge is 0.219 e. The molecule has 0 fully saturated rings. The number of para-hydroxylation sites is 1. The molecule has 0 saturated heterocycles. The first kappa shape index (κ1) is 15.5. The Morgan fingerprint density at radius 3 is 2.42 bits per heavy atom. The number of nitrogens with zero attached hydrogens (tertiary/aromatic N) is 2. The number of benzene rings is 1. The van der Waals surface area contributed by atoms with Crippen LogP contribution >= 0.6 is 0 Å². The molecule has 1 unspecified atom stereocenters. The Morgan fingerprint density at radius 1 is 1.26 bits per heavy atom. The largest absolute Gasteiger partial charge is 0.375 e. The minimum atomic E-state index is 0.172. The molecule has 0 aliphatic rings. The molecule has 1 rings (SSSR count). The summed E-state index contributed by atoms with van der Waals surface area (Å²) in [6, 6.07) is 10.4. The molecule has 0 heterocycles. The van der Waals surface area contributed by atoms with E-state index >= 15 is 0 Å². The van der Waals surface area contributed by atoms with E-state index in [0.29, 0.717) is 5.92 Å². The van der Waals surface area contributed by atoms with Crippen molar-refractivity contribution >= 4 is 11.6 Å². The zero-order valence-corrected chi connectivity index (χ0v) is 12.6. The first-order valence-corrected chi connectivity index (χ1v) is 7.06. The molecule has 106 valence electrons. The van der Waals surface area contributed by atoms with E-state index in [1.54, 1.807) is 6.92 Å². The van der Waals surface area contributed by atoms with Gasteiger partial charge in [-0.15, -0.1) is 0 Å². The van der Waals surface area contributed by atoms with Crippen LogP contribution in [0.15, 0.2) is 30.3 Å². The van der Waals surface area contributed by atoms with Gasteiger partial charge in [-0.05, 0) is 31.4 Å². The van der Waals surface area contributed by atoms with Crippen molar-refractivity contribution in [1.29, 1.82) is 0 Å². The van der Waals surface area contributed by atoms with Crippen molar-refractivity contribution < 1.29 is 4.79 Å². The maximum absolute atomic E-state index is 11.4. The van der Waals surface area contributed by atoms with Crippen molar-refractivity contribution in [3.8, 4) is 0 Å². The van der Waals surface area contributed by atoms with Gasteiger partial charge in [0, 0.05) is 39.3 Å². The molecule has 0 radical (unpaired) electrons. The third-order valence-electron chi connectivity index (χ3n) is 3.51. The first-order valence-electron chi connectivity index (χ1n) is 7.06. The van der Waals surface area contributed by atoms with Gasteiger partial charge >= 0.3 is 0 Å². The van der Waals surface area contributed by atoms with Gasteiger partial charge in [-0.3, -0.25) is 4.79 Å². The second kappa shape index (κ2) is 7.82. The zero-order valence-electron chi connectivity index (χ0n) is 12.6. The molecule has 0 aromatic heterocycles. The van der Waals surface area contributed by atoms with Crippen LogP contribution < -0.4 is 4.90 Å². The normalized spacial score (nSPS) is 12.0. The fraction of sp³-hybridized carbons (Fsp3) is 0.562. The highest BCUT2D eigenvalue weighted by atomic mass is 16.2. The number of carbonyl (C=O) groups is 1. The Bertz CT molecular complexity index is 378. The molecule has 1 aromatic rings. The molecule has 0 N–H and O–H groups in total. The maximum atomic E-state index is 11.4. The van der Waals surface area contributed by atoms with E-state index in [9.17, 15) is 4.79 Å². The minimum Gasteiger partial charge on any atom is -0.375 e. The van der Waals surface area contributed by atoms with Gasteiger partial charge in [-0.25, -0.2) is 0 Å². The van der Waals surface area contributed by atoms with Crippen molar-refractivity contribution in [3.05, 3.63) is 30.3 Å². The fourth-order valence-corrected chi connectivity index (χ4v) is 2.17. The van der Waals surface area contributed by atoms with Gasteiger partial charge in [0.2, 0.25) is 5.91 Å². The van der Waals surface area contributed by atoms with Crippen LogP contribution in [0.25, 0.3) is 0 Å². The standard InChI is InChI=1S/C16H26N2O/c1-5-18(15(3)19)13-14(2)11-12-17(4)16-9-7-6-8-10-16/h6-10,14H,5,11-13H2,1-4H3. The summed E-state index contributed by atoms with van der Waals surface area (Å²) in [6.45, 7) is 8.56. The molecule has 0 saturated carbocycles. The lowest BCUT2D eigenvalue weighted by molar-refractivity contribution is -0.129. The van der Waals surface area contributed by atoms with Crippen molar-refractivity contribution in [2.24, 2.45) is 5.92 Å². The number of anilines is 1. The fourth-order valence-electron chi connectivity index (χ4n) is 2.17. The molecular weight excluding hydrogens is 236 g/mol. The summed E-state index contributed by atoms with van der Waals surface area (Å²) < 4.78 is 0. The van der Waals surface area contributed by atoms with Crippen molar-refractivity contribution in [3.63, 3.8) is 0 Å². The predicted octanol–water partition coefficient (Wildman–Crippen LogP) is 3.02. The maximum Gasteiger partial charge on any atom is 0.219 e. The van der Waals surface area contributed by atoms with Gasteiger partial charge in [0.05, 0.1) is 0 Å². The molecule has 0 spiro atoms. The molecule has 3 nitrogen and oxygen atoms in total. The van der Waals surface area contributed by atoms with Crippen LogP contribution in [-0.4, -0.2) is 37.5 Å². The van der Waals surface area contributed by atoms with Crippen LogP contribution in [0.2, 0.25) is 0 Å². The van der Waals surface area contributed by atoms with Gasteiger partial charge in [-0.2, -0.15) is 0 Å². The Balaban J connectivity index is 2.38. The highest BCUT2D eigenvalue weighted by Crippen LogP contribution is 2.13. The van der Waals surface area contributed by atoms with E-state index in [2.05, 4.69) is 43.1 Å². The Labute approximate surface area is 117 Å². The van der Waals surface area contributed by atoms with Crippen LogP contribution in [0, 0.1) is 5.92 Å². The highest BCUT2D eigenvalue weighted by Gasteiger charge is 2.12. The summed E-state index contributed by atoms with van der Waals surface area (Å²) in [4.78, 5) is 15.6. The quantitative estimate of drug-likeness (QED) is 0.754. The summed E-state index contributed by atoms with van der Waals surface area (Å²) in [7, 11) is 2.12. The number of rotatable bonds is 7. The van der Waals surface area contributed by atoms with E-state index < -0.39 is 0 Å². The van der Waals surface area contributed by atoms with Crippen LogP contribution in [0.5, 0.6) is 0 Å². The summed E-state index contributed by atoms with van der Waals surface area (Å²) in [6.07, 6.45) is 1.09. The van der Waals surface area contributed by atoms with E-state index in [1.807, 2.05) is 17.9 Å². The number of hydrogen-bond donors (Lipinski definition) is 0. The molecule has 0 aliphatic heterocycles. The Hall–Kier alpha value is -1.51. The van der Waals surface area contributed by atoms with E-state index in [1.165, 1.54) is 5.69 Å². The molecule has 0 bridgehead atoms. The second-order valence-electron chi connectivity index (χ2n) is 5.21. The van der Waals surface area contributed by atoms with Gasteiger partial charge in [-0.1, -0.05) is 25.1 Å². The predicted molar refractivity (Wildman–Crippen MR) is 81.4 cm³/mol. The lowest BCUT2D eigenvalue weighted by Crippen LogP contribution is -2.33. The van der Waals surface area contributed by atoms with Crippen LogP contribution in [0.1, 0.15) is 27.2 Å². The van der Waals surface area contributed by atoms with Crippen molar-refractivity contribution in [2.45, 2.75) is 27.2 Å². The summed E-state index contributed by atoms with van der Waals surface area (Å²) in [5, 5.41) is 0. The zero-order chi connectivity index (χ0) is 14.3. The Kier molecular flexibility index (Phi) is 6.40. The third kappa shape index (κ3) is 5.33. The number of hydrogen-bond acceptors (Lipinski definition) is 2. The lowest BCUT2D eigenvalue weighted by Gasteiger charge is -2.25. The molecule has 0 aliphatic carbocycles. The van der Waals surface area contributed by atoms with Gasteiger partial charge in [0.1, 0.15) is 0 Å². The van der Waals surface area contributed by atoms with E-state index in [4.69, 9.17) is 0 Å². The summed E-state index contributed by atoms with van der Waals surface area (Å²) in [5.74, 6) is 0.695. The molecular formula is C16H26N2O. The first-order chi connectivity index (χ1) is 9.04. The minimum absolute atomic E-state index is 0.172. The van der Waals surface area contributed by atoms with Crippen LogP contribution in [-0.2, 0) is 4.79 Å². The topological polar surface area (TPSA) is 23.6 Å². The average molecular weight is 262 g/mol. The van der Waals surface area contributed by atoms with Gasteiger partial charge in [0.15, 0.2) is 0 Å². The number of amides is 1. The highest BCUT2D eigenvalue weighted by molar-refractivity contribution is 5.73. The molecule has 1 aromatic carbocycles. The van der Waals surface area contributed by atoms with E-state index in [0.717, 1.165) is 26.1 Å². The molecule has 1 amide bonds.